The minimum absolute atomic E-state index is 0.110. The summed E-state index contributed by atoms with van der Waals surface area (Å²) in [6.07, 6.45) is 1.77. The van der Waals surface area contributed by atoms with Gasteiger partial charge in [-0.3, -0.25) is 9.69 Å². The van der Waals surface area contributed by atoms with Crippen LogP contribution >= 0.6 is 0 Å². The van der Waals surface area contributed by atoms with Gasteiger partial charge in [-0.15, -0.1) is 0 Å². The van der Waals surface area contributed by atoms with Gasteiger partial charge in [0.1, 0.15) is 0 Å². The second-order valence-corrected chi connectivity index (χ2v) is 6.75. The van der Waals surface area contributed by atoms with Crippen molar-refractivity contribution < 1.29 is 28.3 Å². The molecule has 0 amide bonds. The van der Waals surface area contributed by atoms with Crippen molar-refractivity contribution in [1.29, 1.82) is 0 Å². The molecule has 1 atom stereocenters. The molecule has 2 aromatic rings. The Balaban J connectivity index is 1.73. The first kappa shape index (κ1) is 20.9. The molecule has 3 rings (SSSR count). The number of nitrogens with zero attached hydrogens (tertiary/aromatic N) is 3. The molecule has 1 fully saturated rings. The Labute approximate surface area is 169 Å². The number of ether oxygens (including phenoxy) is 4. The topological polar surface area (TPSA) is 96.2 Å². The Morgan fingerprint density at radius 2 is 1.93 bits per heavy atom. The van der Waals surface area contributed by atoms with Crippen LogP contribution in [0.2, 0.25) is 0 Å². The highest BCUT2D eigenvalue weighted by atomic mass is 16.5. The van der Waals surface area contributed by atoms with Gasteiger partial charge in [0.15, 0.2) is 11.5 Å². The molecule has 1 aromatic carbocycles. The molecule has 0 spiro atoms. The van der Waals surface area contributed by atoms with Crippen molar-refractivity contribution in [3.8, 4) is 28.6 Å². The molecule has 1 aromatic heterocycles. The van der Waals surface area contributed by atoms with Crippen molar-refractivity contribution in [3.63, 3.8) is 0 Å². The highest BCUT2D eigenvalue weighted by molar-refractivity contribution is 5.72. The summed E-state index contributed by atoms with van der Waals surface area (Å²) in [7, 11) is 4.66. The standard InChI is InChI=1S/C20H27N3O6/c1-5-28-20(24)13-7-6-8-23(11-13)12-17-21-19(22-29-17)14-9-15(25-2)18(27-4)16(10-14)26-3/h9-10,13H,5-8,11-12H2,1-4H3. The van der Waals surface area contributed by atoms with Gasteiger partial charge in [0.05, 0.1) is 40.4 Å². The second kappa shape index (κ2) is 9.60. The molecular weight excluding hydrogens is 378 g/mol. The van der Waals surface area contributed by atoms with E-state index < -0.39 is 0 Å². The molecule has 2 heterocycles. The predicted molar refractivity (Wildman–Crippen MR) is 104 cm³/mol. The molecule has 0 bridgehead atoms. The van der Waals surface area contributed by atoms with Crippen molar-refractivity contribution in [2.24, 2.45) is 5.92 Å². The first-order chi connectivity index (χ1) is 14.1. The Bertz CT molecular complexity index is 812. The number of esters is 1. The van der Waals surface area contributed by atoms with E-state index in [1.54, 1.807) is 33.5 Å². The van der Waals surface area contributed by atoms with E-state index in [1.165, 1.54) is 0 Å². The lowest BCUT2D eigenvalue weighted by molar-refractivity contribution is -0.150. The molecule has 9 heteroatoms. The summed E-state index contributed by atoms with van der Waals surface area (Å²) < 4.78 is 26.7. The second-order valence-electron chi connectivity index (χ2n) is 6.75. The average molecular weight is 405 g/mol. The van der Waals surface area contributed by atoms with Crippen molar-refractivity contribution >= 4 is 5.97 Å². The number of benzene rings is 1. The lowest BCUT2D eigenvalue weighted by Crippen LogP contribution is -2.39. The van der Waals surface area contributed by atoms with Crippen molar-refractivity contribution in [1.82, 2.24) is 15.0 Å². The minimum Gasteiger partial charge on any atom is -0.493 e. The molecule has 9 nitrogen and oxygen atoms in total. The summed E-state index contributed by atoms with van der Waals surface area (Å²) in [5.41, 5.74) is 0.692. The van der Waals surface area contributed by atoms with Gasteiger partial charge in [-0.2, -0.15) is 4.98 Å². The van der Waals surface area contributed by atoms with Crippen LogP contribution in [0.5, 0.6) is 17.2 Å². The Morgan fingerprint density at radius 1 is 1.21 bits per heavy atom. The normalized spacial score (nSPS) is 17.0. The molecule has 1 saturated heterocycles. The molecule has 29 heavy (non-hydrogen) atoms. The third-order valence-corrected chi connectivity index (χ3v) is 4.88. The maximum atomic E-state index is 12.0. The summed E-state index contributed by atoms with van der Waals surface area (Å²) in [4.78, 5) is 18.7. The quantitative estimate of drug-likeness (QED) is 0.614. The van der Waals surface area contributed by atoms with Gasteiger partial charge >= 0.3 is 5.97 Å². The first-order valence-corrected chi connectivity index (χ1v) is 9.61. The summed E-state index contributed by atoms with van der Waals surface area (Å²) in [6.45, 7) is 4.20. The fourth-order valence-corrected chi connectivity index (χ4v) is 3.49. The van der Waals surface area contributed by atoms with Crippen LogP contribution in [0.15, 0.2) is 16.7 Å². The number of rotatable bonds is 8. The number of aromatic nitrogens is 2. The van der Waals surface area contributed by atoms with Crippen LogP contribution in [0, 0.1) is 5.92 Å². The predicted octanol–water partition coefficient (Wildman–Crippen LogP) is 2.54. The number of carbonyl (C=O) groups is 1. The third kappa shape index (κ3) is 4.79. The summed E-state index contributed by atoms with van der Waals surface area (Å²) in [5.74, 6) is 2.20. The monoisotopic (exact) mass is 405 g/mol. The van der Waals surface area contributed by atoms with Crippen LogP contribution in [-0.2, 0) is 16.1 Å². The number of hydrogen-bond donors (Lipinski definition) is 0. The summed E-state index contributed by atoms with van der Waals surface area (Å²) in [6, 6.07) is 3.54. The van der Waals surface area contributed by atoms with Gasteiger partial charge < -0.3 is 23.5 Å². The van der Waals surface area contributed by atoms with Crippen molar-refractivity contribution in [2.75, 3.05) is 41.0 Å². The molecular formula is C20H27N3O6. The molecule has 1 unspecified atom stereocenters. The number of carbonyl (C=O) groups excluding carboxylic acids is 1. The minimum atomic E-state index is -0.138. The van der Waals surface area contributed by atoms with Crippen LogP contribution in [0.25, 0.3) is 11.4 Å². The lowest BCUT2D eigenvalue weighted by Gasteiger charge is -2.30. The van der Waals surface area contributed by atoms with E-state index in [4.69, 9.17) is 23.5 Å². The zero-order valence-corrected chi connectivity index (χ0v) is 17.3. The number of piperidine rings is 1. The van der Waals surface area contributed by atoms with E-state index in [9.17, 15) is 4.79 Å². The maximum absolute atomic E-state index is 12.0. The van der Waals surface area contributed by atoms with E-state index in [-0.39, 0.29) is 11.9 Å². The third-order valence-electron chi connectivity index (χ3n) is 4.88. The zero-order chi connectivity index (χ0) is 20.8. The fraction of sp³-hybridized carbons (Fsp3) is 0.550. The van der Waals surface area contributed by atoms with Crippen molar-refractivity contribution in [2.45, 2.75) is 26.3 Å². The van der Waals surface area contributed by atoms with Gasteiger partial charge in [0.2, 0.25) is 17.5 Å². The van der Waals surface area contributed by atoms with Crippen LogP contribution in [0.4, 0.5) is 0 Å². The SMILES string of the molecule is CCOC(=O)C1CCCN(Cc2nc(-c3cc(OC)c(OC)c(OC)c3)no2)C1. The zero-order valence-electron chi connectivity index (χ0n) is 17.3. The van der Waals surface area contributed by atoms with Crippen LogP contribution in [0.1, 0.15) is 25.7 Å². The van der Waals surface area contributed by atoms with E-state index in [1.807, 2.05) is 6.92 Å². The number of methoxy groups -OCH3 is 3. The average Bonchev–Trinajstić information content (AvgIpc) is 3.21. The number of likely N-dealkylation sites (tertiary alicyclic amines) is 1. The van der Waals surface area contributed by atoms with Gasteiger partial charge in [0, 0.05) is 12.1 Å². The van der Waals surface area contributed by atoms with Gasteiger partial charge in [-0.25, -0.2) is 0 Å². The Morgan fingerprint density at radius 3 is 2.55 bits per heavy atom. The first-order valence-electron chi connectivity index (χ1n) is 9.61. The number of hydrogen-bond acceptors (Lipinski definition) is 9. The molecule has 0 saturated carbocycles. The lowest BCUT2D eigenvalue weighted by atomic mass is 9.98. The summed E-state index contributed by atoms with van der Waals surface area (Å²) in [5, 5.41) is 4.09. The van der Waals surface area contributed by atoms with Crippen LogP contribution in [0.3, 0.4) is 0 Å². The van der Waals surface area contributed by atoms with E-state index in [0.717, 1.165) is 19.4 Å². The van der Waals surface area contributed by atoms with Gasteiger partial charge in [-0.05, 0) is 38.4 Å². The fourth-order valence-electron chi connectivity index (χ4n) is 3.49. The van der Waals surface area contributed by atoms with Crippen LogP contribution < -0.4 is 14.2 Å². The maximum Gasteiger partial charge on any atom is 0.310 e. The van der Waals surface area contributed by atoms with E-state index in [2.05, 4.69) is 15.0 Å². The molecule has 0 aliphatic carbocycles. The Kier molecular flexibility index (Phi) is 6.92. The van der Waals surface area contributed by atoms with Gasteiger partial charge in [-0.1, -0.05) is 5.16 Å². The molecule has 1 aliphatic rings. The summed E-state index contributed by atoms with van der Waals surface area (Å²) >= 11 is 0. The smallest absolute Gasteiger partial charge is 0.310 e. The molecule has 1 aliphatic heterocycles. The molecule has 158 valence electrons. The highest BCUT2D eigenvalue weighted by Gasteiger charge is 2.28. The van der Waals surface area contributed by atoms with Gasteiger partial charge in [0.25, 0.3) is 0 Å². The van der Waals surface area contributed by atoms with Crippen LogP contribution in [-0.4, -0.2) is 62.0 Å². The highest BCUT2D eigenvalue weighted by Crippen LogP contribution is 2.40. The van der Waals surface area contributed by atoms with E-state index in [0.29, 0.717) is 54.2 Å². The van der Waals surface area contributed by atoms with Crippen molar-refractivity contribution in [3.05, 3.63) is 18.0 Å². The Hall–Kier alpha value is -2.81. The molecule has 0 N–H and O–H groups in total. The largest absolute Gasteiger partial charge is 0.493 e. The molecule has 0 radical (unpaired) electrons. The van der Waals surface area contributed by atoms with E-state index >= 15 is 0 Å².